The minimum Gasteiger partial charge on any atom is -0.429 e. The van der Waals surface area contributed by atoms with E-state index in [0.29, 0.717) is 18.1 Å². The molecule has 1 aliphatic carbocycles. The van der Waals surface area contributed by atoms with Gasteiger partial charge in [0.25, 0.3) is 0 Å². The second-order valence-corrected chi connectivity index (χ2v) is 7.89. The minimum atomic E-state index is -5.09. The average Bonchev–Trinajstić information content (AvgIpc) is 2.70. The average molecular weight is 446 g/mol. The van der Waals surface area contributed by atoms with E-state index in [4.69, 9.17) is 0 Å². The van der Waals surface area contributed by atoms with Crippen molar-refractivity contribution < 1.29 is 35.8 Å². The Morgan fingerprint density at radius 3 is 2.06 bits per heavy atom. The summed E-state index contributed by atoms with van der Waals surface area (Å²) in [4.78, 5) is 0. The van der Waals surface area contributed by atoms with E-state index in [2.05, 4.69) is 16.4 Å². The zero-order chi connectivity index (χ0) is 22.6. The first-order valence-corrected chi connectivity index (χ1v) is 10.3. The van der Waals surface area contributed by atoms with Crippen molar-refractivity contribution in [3.63, 3.8) is 0 Å². The van der Waals surface area contributed by atoms with E-state index in [-0.39, 0.29) is 0 Å². The van der Waals surface area contributed by atoms with Crippen molar-refractivity contribution in [3.05, 3.63) is 59.4 Å². The Labute approximate surface area is 177 Å². The Balaban J connectivity index is 1.65. The summed E-state index contributed by atoms with van der Waals surface area (Å²) in [6.07, 6.45) is -2.15. The Hall–Kier alpha value is -2.38. The second kappa shape index (κ2) is 9.40. The third kappa shape index (κ3) is 6.31. The first-order valence-electron chi connectivity index (χ1n) is 10.3. The van der Waals surface area contributed by atoms with Gasteiger partial charge >= 0.3 is 12.5 Å². The summed E-state index contributed by atoms with van der Waals surface area (Å²) in [6, 6.07) is 7.65. The molecule has 0 spiro atoms. The molecular formula is C23H24F6O2. The van der Waals surface area contributed by atoms with E-state index >= 15 is 0 Å². The fourth-order valence-corrected chi connectivity index (χ4v) is 4.10. The first kappa shape index (κ1) is 23.3. The van der Waals surface area contributed by atoms with E-state index in [1.165, 1.54) is 25.0 Å². The highest BCUT2D eigenvalue weighted by molar-refractivity contribution is 5.34. The van der Waals surface area contributed by atoms with Gasteiger partial charge in [-0.25, -0.2) is 4.39 Å². The second-order valence-electron chi connectivity index (χ2n) is 7.89. The molecule has 0 saturated heterocycles. The molecule has 2 nitrogen and oxygen atoms in total. The molecule has 1 saturated carbocycles. The SMILES string of the molecule is CCC[C@H]1CC[C@H](c2ccc(C(F)(F)Oc3ccc(OC(F)(F)F)c(F)c3)cc2)CC1. The molecule has 0 aliphatic heterocycles. The van der Waals surface area contributed by atoms with Crippen LogP contribution in [0.25, 0.3) is 0 Å². The number of rotatable bonds is 7. The molecular weight excluding hydrogens is 422 g/mol. The van der Waals surface area contributed by atoms with Crippen LogP contribution < -0.4 is 9.47 Å². The Morgan fingerprint density at radius 2 is 1.52 bits per heavy atom. The number of hydrogen-bond acceptors (Lipinski definition) is 2. The van der Waals surface area contributed by atoms with Crippen LogP contribution in [0, 0.1) is 11.7 Å². The highest BCUT2D eigenvalue weighted by Crippen LogP contribution is 2.39. The lowest BCUT2D eigenvalue weighted by molar-refractivity contribution is -0.275. The summed E-state index contributed by atoms with van der Waals surface area (Å²) in [7, 11) is 0. The zero-order valence-electron chi connectivity index (χ0n) is 17.0. The molecule has 170 valence electrons. The van der Waals surface area contributed by atoms with Gasteiger partial charge in [-0.1, -0.05) is 31.9 Å². The van der Waals surface area contributed by atoms with Crippen LogP contribution in [-0.4, -0.2) is 6.36 Å². The molecule has 0 amide bonds. The van der Waals surface area contributed by atoms with Crippen molar-refractivity contribution in [2.24, 2.45) is 5.92 Å². The minimum absolute atomic E-state index is 0.340. The highest BCUT2D eigenvalue weighted by atomic mass is 19.4. The van der Waals surface area contributed by atoms with Crippen LogP contribution in [-0.2, 0) is 6.11 Å². The third-order valence-electron chi connectivity index (χ3n) is 5.64. The van der Waals surface area contributed by atoms with Crippen LogP contribution in [0.4, 0.5) is 26.3 Å². The van der Waals surface area contributed by atoms with Gasteiger partial charge in [0.05, 0.1) is 5.56 Å². The quantitative estimate of drug-likeness (QED) is 0.402. The van der Waals surface area contributed by atoms with Crippen LogP contribution >= 0.6 is 0 Å². The summed E-state index contributed by atoms with van der Waals surface area (Å²) < 4.78 is 87.4. The molecule has 0 aromatic heterocycles. The highest BCUT2D eigenvalue weighted by Gasteiger charge is 2.36. The van der Waals surface area contributed by atoms with Crippen molar-refractivity contribution in [2.45, 2.75) is 63.8 Å². The maximum absolute atomic E-state index is 14.5. The van der Waals surface area contributed by atoms with Crippen molar-refractivity contribution in [3.8, 4) is 11.5 Å². The van der Waals surface area contributed by atoms with Crippen LogP contribution in [0.15, 0.2) is 42.5 Å². The van der Waals surface area contributed by atoms with Crippen molar-refractivity contribution in [2.75, 3.05) is 0 Å². The van der Waals surface area contributed by atoms with E-state index in [0.717, 1.165) is 43.2 Å². The van der Waals surface area contributed by atoms with E-state index in [9.17, 15) is 26.3 Å². The van der Waals surface area contributed by atoms with Crippen LogP contribution in [0.5, 0.6) is 11.5 Å². The molecule has 1 aliphatic rings. The van der Waals surface area contributed by atoms with E-state index < -0.39 is 35.4 Å². The smallest absolute Gasteiger partial charge is 0.429 e. The lowest BCUT2D eigenvalue weighted by atomic mass is 9.77. The number of hydrogen-bond donors (Lipinski definition) is 0. The molecule has 8 heteroatoms. The van der Waals surface area contributed by atoms with Gasteiger partial charge in [0.15, 0.2) is 11.6 Å². The molecule has 2 aromatic rings. The monoisotopic (exact) mass is 446 g/mol. The molecule has 0 unspecified atom stereocenters. The molecule has 0 atom stereocenters. The third-order valence-corrected chi connectivity index (χ3v) is 5.64. The Kier molecular flexibility index (Phi) is 7.06. The van der Waals surface area contributed by atoms with Crippen molar-refractivity contribution in [1.29, 1.82) is 0 Å². The van der Waals surface area contributed by atoms with Gasteiger partial charge in [-0.3, -0.25) is 0 Å². The van der Waals surface area contributed by atoms with Gasteiger partial charge in [-0.15, -0.1) is 13.2 Å². The molecule has 2 aromatic carbocycles. The fourth-order valence-electron chi connectivity index (χ4n) is 4.10. The standard InChI is InChI=1S/C23H24F6O2/c1-2-3-15-4-6-16(7-5-15)17-8-10-18(11-9-17)22(25,26)30-19-12-13-21(20(24)14-19)31-23(27,28)29/h8-16H,2-7H2,1H3/t15-,16-. The topological polar surface area (TPSA) is 18.5 Å². The molecule has 31 heavy (non-hydrogen) atoms. The first-order chi connectivity index (χ1) is 14.6. The molecule has 1 fully saturated rings. The molecule has 0 bridgehead atoms. The number of benzene rings is 2. The number of alkyl halides is 5. The zero-order valence-corrected chi connectivity index (χ0v) is 17.0. The largest absolute Gasteiger partial charge is 0.573 e. The van der Waals surface area contributed by atoms with Gasteiger partial charge in [0.1, 0.15) is 5.75 Å². The fraction of sp³-hybridized carbons (Fsp3) is 0.478. The van der Waals surface area contributed by atoms with Crippen LogP contribution in [0.2, 0.25) is 0 Å². The predicted molar refractivity (Wildman–Crippen MR) is 104 cm³/mol. The van der Waals surface area contributed by atoms with Crippen molar-refractivity contribution in [1.82, 2.24) is 0 Å². The van der Waals surface area contributed by atoms with Gasteiger partial charge in [0.2, 0.25) is 0 Å². The lowest BCUT2D eigenvalue weighted by Crippen LogP contribution is -2.22. The number of ether oxygens (including phenoxy) is 2. The lowest BCUT2D eigenvalue weighted by Gasteiger charge is -2.29. The summed E-state index contributed by atoms with van der Waals surface area (Å²) in [5.74, 6) is -2.12. The van der Waals surface area contributed by atoms with Gasteiger partial charge in [-0.2, -0.15) is 8.78 Å². The number of halogens is 6. The molecule has 0 radical (unpaired) electrons. The maximum Gasteiger partial charge on any atom is 0.573 e. The molecule has 0 N–H and O–H groups in total. The van der Waals surface area contributed by atoms with Crippen molar-refractivity contribution >= 4 is 0 Å². The summed E-state index contributed by atoms with van der Waals surface area (Å²) >= 11 is 0. The van der Waals surface area contributed by atoms with Gasteiger partial charge < -0.3 is 9.47 Å². The van der Waals surface area contributed by atoms with Crippen LogP contribution in [0.3, 0.4) is 0 Å². The molecule has 3 rings (SSSR count). The van der Waals surface area contributed by atoms with E-state index in [1.807, 2.05) is 0 Å². The Bertz CT molecular complexity index is 855. The summed E-state index contributed by atoms with van der Waals surface area (Å²) in [6.45, 7) is 2.17. The van der Waals surface area contributed by atoms with Gasteiger partial charge in [0, 0.05) is 6.07 Å². The Morgan fingerprint density at radius 1 is 0.871 bits per heavy atom. The normalized spacial score (nSPS) is 19.8. The summed E-state index contributed by atoms with van der Waals surface area (Å²) in [5, 5.41) is 0. The molecule has 0 heterocycles. The van der Waals surface area contributed by atoms with Crippen LogP contribution in [0.1, 0.15) is 62.5 Å². The van der Waals surface area contributed by atoms with Gasteiger partial charge in [-0.05, 0) is 67.3 Å². The maximum atomic E-state index is 14.5. The van der Waals surface area contributed by atoms with E-state index in [1.54, 1.807) is 12.1 Å². The predicted octanol–water partition coefficient (Wildman–Crippen LogP) is 7.93. The summed E-state index contributed by atoms with van der Waals surface area (Å²) in [5.41, 5.74) is 0.571.